The largest absolute Gasteiger partial charge is 0.481 e. The van der Waals surface area contributed by atoms with Crippen LogP contribution in [0.4, 0.5) is 0 Å². The van der Waals surface area contributed by atoms with Crippen LogP contribution in [0.25, 0.3) is 0 Å². The number of carbonyl (C=O) groups is 1. The molecule has 0 bridgehead atoms. The molecule has 1 fully saturated rings. The van der Waals surface area contributed by atoms with Crippen molar-refractivity contribution in [3.63, 3.8) is 0 Å². The summed E-state index contributed by atoms with van der Waals surface area (Å²) in [5, 5.41) is 19.7. The number of aliphatic hydroxyl groups is 1. The Balaban J connectivity index is 1.79. The first-order valence-corrected chi connectivity index (χ1v) is 11.1. The van der Waals surface area contributed by atoms with Crippen molar-refractivity contribution in [1.82, 2.24) is 0 Å². The molecule has 0 radical (unpaired) electrons. The number of carboxylic acid groups (broad SMARTS) is 1. The quantitative estimate of drug-likeness (QED) is 0.385. The third kappa shape index (κ3) is 6.40. The highest BCUT2D eigenvalue weighted by Crippen LogP contribution is 2.43. The van der Waals surface area contributed by atoms with Crippen molar-refractivity contribution in [2.24, 2.45) is 11.3 Å². The van der Waals surface area contributed by atoms with E-state index in [1.165, 1.54) is 30.4 Å². The fourth-order valence-electron chi connectivity index (χ4n) is 4.70. The number of aliphatic carboxylic acids is 1. The lowest BCUT2D eigenvalue weighted by molar-refractivity contribution is -0.411. The second-order valence-corrected chi connectivity index (χ2v) is 10.0. The number of aliphatic hydroxyl groups excluding tert-OH is 1. The van der Waals surface area contributed by atoms with Gasteiger partial charge in [-0.3, -0.25) is 4.79 Å². The summed E-state index contributed by atoms with van der Waals surface area (Å²) in [6.07, 6.45) is 7.06. The van der Waals surface area contributed by atoms with Crippen LogP contribution in [-0.2, 0) is 14.6 Å². The van der Waals surface area contributed by atoms with Gasteiger partial charge < -0.3 is 10.2 Å². The van der Waals surface area contributed by atoms with Crippen LogP contribution in [0.2, 0.25) is 0 Å². The Morgan fingerprint density at radius 3 is 2.55 bits per heavy atom. The van der Waals surface area contributed by atoms with Gasteiger partial charge in [-0.05, 0) is 89.5 Å². The molecule has 1 heterocycles. The maximum absolute atomic E-state index is 11.1. The Morgan fingerprint density at radius 1 is 1.31 bits per heavy atom. The third-order valence-electron chi connectivity index (χ3n) is 7.08. The maximum Gasteiger partial charge on any atom is 0.308 e. The predicted octanol–water partition coefficient (Wildman–Crippen LogP) is 5.58. The number of allylic oxidation sites excluding steroid dienone is 2. The molecule has 2 rings (SSSR count). The Hall–Kier alpha value is -1.17. The van der Waals surface area contributed by atoms with Crippen molar-refractivity contribution in [3.05, 3.63) is 23.3 Å². The monoisotopic (exact) mass is 408 g/mol. The molecule has 5 heteroatoms. The molecule has 0 spiro atoms. The van der Waals surface area contributed by atoms with E-state index in [1.54, 1.807) is 6.92 Å². The van der Waals surface area contributed by atoms with E-state index in [9.17, 15) is 9.90 Å². The Kier molecular flexibility index (Phi) is 8.11. The smallest absolute Gasteiger partial charge is 0.308 e. The van der Waals surface area contributed by atoms with E-state index in [0.717, 1.165) is 24.8 Å². The summed E-state index contributed by atoms with van der Waals surface area (Å²) in [7, 11) is 0. The normalized spacial score (nSPS) is 29.4. The van der Waals surface area contributed by atoms with Gasteiger partial charge in [0.2, 0.25) is 0 Å². The molecule has 0 saturated carbocycles. The van der Waals surface area contributed by atoms with Crippen molar-refractivity contribution in [1.29, 1.82) is 0 Å². The molecule has 0 aromatic carbocycles. The Labute approximate surface area is 176 Å². The second-order valence-electron chi connectivity index (χ2n) is 10.0. The van der Waals surface area contributed by atoms with Crippen LogP contribution in [-0.4, -0.2) is 34.0 Å². The average molecular weight is 409 g/mol. The molecular weight excluding hydrogens is 368 g/mol. The predicted molar refractivity (Wildman–Crippen MR) is 114 cm³/mol. The third-order valence-corrected chi connectivity index (χ3v) is 7.08. The minimum Gasteiger partial charge on any atom is -0.481 e. The molecule has 1 aliphatic carbocycles. The molecule has 1 aliphatic heterocycles. The lowest BCUT2D eigenvalue weighted by Gasteiger charge is -2.37. The second kappa shape index (κ2) is 9.76. The summed E-state index contributed by atoms with van der Waals surface area (Å²) < 4.78 is 0. The number of hydrogen-bond acceptors (Lipinski definition) is 4. The molecule has 5 nitrogen and oxygen atoms in total. The van der Waals surface area contributed by atoms with Gasteiger partial charge in [0.1, 0.15) is 11.7 Å². The molecule has 2 aliphatic rings. The average Bonchev–Trinajstić information content (AvgIpc) is 2.65. The molecular formula is C24H40O5. The van der Waals surface area contributed by atoms with Crippen LogP contribution < -0.4 is 0 Å². The van der Waals surface area contributed by atoms with Crippen molar-refractivity contribution in [2.45, 2.75) is 110 Å². The molecule has 1 saturated heterocycles. The minimum atomic E-state index is -0.875. The molecule has 4 atom stereocenters. The first-order chi connectivity index (χ1) is 13.4. The summed E-state index contributed by atoms with van der Waals surface area (Å²) in [6, 6.07) is 0. The van der Waals surface area contributed by atoms with E-state index in [4.69, 9.17) is 14.9 Å². The minimum absolute atomic E-state index is 0.248. The van der Waals surface area contributed by atoms with Crippen molar-refractivity contribution < 1.29 is 24.8 Å². The summed E-state index contributed by atoms with van der Waals surface area (Å²) in [6.45, 7) is 14.6. The summed E-state index contributed by atoms with van der Waals surface area (Å²) in [5.41, 5.74) is 3.67. The lowest BCUT2D eigenvalue weighted by atomic mass is 9.71. The SMILES string of the molecule is C=C(CCC1=C(C)CCCC1(C)C)[C@H](O)CC[C@]1(C)CC[C@@H]([C@@H](C)C(=O)O)OO1. The molecule has 29 heavy (non-hydrogen) atoms. The molecule has 0 unspecified atom stereocenters. The van der Waals surface area contributed by atoms with Gasteiger partial charge in [-0.2, -0.15) is 0 Å². The zero-order valence-electron chi connectivity index (χ0n) is 18.9. The van der Waals surface area contributed by atoms with Crippen LogP contribution in [0, 0.1) is 11.3 Å². The van der Waals surface area contributed by atoms with Crippen LogP contribution in [0.5, 0.6) is 0 Å². The van der Waals surface area contributed by atoms with Crippen molar-refractivity contribution in [3.8, 4) is 0 Å². The Bertz CT molecular complexity index is 625. The fourth-order valence-corrected chi connectivity index (χ4v) is 4.70. The standard InChI is InChI=1S/C24H40O5/c1-16-8-7-13-23(4,5)19(16)10-9-17(2)20(25)11-14-24(6)15-12-21(28-29-24)18(3)22(26)27/h18,20-21,25H,2,7-15H2,1,3-6H3,(H,26,27)/t18-,20-,21+,24-/m1/s1. The topological polar surface area (TPSA) is 76.0 Å². The van der Waals surface area contributed by atoms with Gasteiger partial charge in [0.15, 0.2) is 0 Å². The number of hydrogen-bond donors (Lipinski definition) is 2. The first kappa shape index (κ1) is 24.1. The molecule has 2 N–H and O–H groups in total. The van der Waals surface area contributed by atoms with E-state index < -0.39 is 29.7 Å². The summed E-state index contributed by atoms with van der Waals surface area (Å²) in [4.78, 5) is 22.0. The van der Waals surface area contributed by atoms with E-state index in [2.05, 4.69) is 27.4 Å². The van der Waals surface area contributed by atoms with E-state index in [-0.39, 0.29) is 5.41 Å². The highest BCUT2D eigenvalue weighted by Gasteiger charge is 2.38. The maximum atomic E-state index is 11.1. The Morgan fingerprint density at radius 2 is 2.00 bits per heavy atom. The van der Waals surface area contributed by atoms with Gasteiger partial charge in [0, 0.05) is 0 Å². The van der Waals surface area contributed by atoms with E-state index in [1.807, 2.05) is 6.92 Å². The first-order valence-electron chi connectivity index (χ1n) is 11.1. The van der Waals surface area contributed by atoms with E-state index in [0.29, 0.717) is 19.3 Å². The van der Waals surface area contributed by atoms with Gasteiger partial charge in [0.05, 0.1) is 12.0 Å². The molecule has 166 valence electrons. The van der Waals surface area contributed by atoms with Crippen molar-refractivity contribution in [2.75, 3.05) is 0 Å². The molecule has 0 amide bonds. The van der Waals surface area contributed by atoms with E-state index >= 15 is 0 Å². The van der Waals surface area contributed by atoms with Crippen LogP contribution >= 0.6 is 0 Å². The summed E-state index contributed by atoms with van der Waals surface area (Å²) in [5.74, 6) is -1.47. The number of rotatable bonds is 9. The fraction of sp³-hybridized carbons (Fsp3) is 0.792. The van der Waals surface area contributed by atoms with Crippen molar-refractivity contribution >= 4 is 5.97 Å². The highest BCUT2D eigenvalue weighted by atomic mass is 17.2. The summed E-state index contributed by atoms with van der Waals surface area (Å²) >= 11 is 0. The van der Waals surface area contributed by atoms with Gasteiger partial charge >= 0.3 is 5.97 Å². The molecule has 0 aromatic rings. The number of carboxylic acids is 1. The molecule has 0 aromatic heterocycles. The van der Waals surface area contributed by atoms with Gasteiger partial charge in [-0.15, -0.1) is 0 Å². The van der Waals surface area contributed by atoms with Crippen LogP contribution in [0.1, 0.15) is 92.4 Å². The van der Waals surface area contributed by atoms with Gasteiger partial charge in [-0.1, -0.05) is 31.6 Å². The lowest BCUT2D eigenvalue weighted by Crippen LogP contribution is -2.41. The van der Waals surface area contributed by atoms with Gasteiger partial charge in [0.25, 0.3) is 0 Å². The van der Waals surface area contributed by atoms with Crippen LogP contribution in [0.3, 0.4) is 0 Å². The zero-order chi connectivity index (χ0) is 21.8. The zero-order valence-corrected chi connectivity index (χ0v) is 18.9. The van der Waals surface area contributed by atoms with Crippen LogP contribution in [0.15, 0.2) is 23.3 Å². The highest BCUT2D eigenvalue weighted by molar-refractivity contribution is 5.70. The van der Waals surface area contributed by atoms with Gasteiger partial charge in [-0.25, -0.2) is 9.78 Å².